The van der Waals surface area contributed by atoms with Crippen LogP contribution in [0.25, 0.3) is 0 Å². The van der Waals surface area contributed by atoms with Crippen LogP contribution in [0, 0.1) is 5.92 Å². The number of carbonyl (C=O) groups excluding carboxylic acids is 1. The van der Waals surface area contributed by atoms with Crippen molar-refractivity contribution in [3.63, 3.8) is 0 Å². The van der Waals surface area contributed by atoms with Gasteiger partial charge in [-0.25, -0.2) is 4.79 Å². The van der Waals surface area contributed by atoms with Crippen molar-refractivity contribution in [2.45, 2.75) is 31.9 Å². The first kappa shape index (κ1) is 21.6. The molecule has 162 valence electrons. The third kappa shape index (κ3) is 5.74. The summed E-state index contributed by atoms with van der Waals surface area (Å²) in [7, 11) is 0. The van der Waals surface area contributed by atoms with Gasteiger partial charge in [-0.3, -0.25) is 0 Å². The van der Waals surface area contributed by atoms with Crippen molar-refractivity contribution in [1.29, 1.82) is 0 Å². The summed E-state index contributed by atoms with van der Waals surface area (Å²) in [4.78, 5) is 16.1. The number of benzene rings is 2. The number of aromatic nitrogens is 4. The second-order valence-corrected chi connectivity index (χ2v) is 8.48. The van der Waals surface area contributed by atoms with Crippen LogP contribution in [0.1, 0.15) is 30.1 Å². The van der Waals surface area contributed by atoms with Crippen molar-refractivity contribution >= 4 is 29.3 Å². The number of hydrogen-bond donors (Lipinski definition) is 0. The van der Waals surface area contributed by atoms with Gasteiger partial charge >= 0.3 is 6.09 Å². The highest BCUT2D eigenvalue weighted by atomic mass is 35.5. The maximum atomic E-state index is 12.9. The Bertz CT molecular complexity index is 1000. The third-order valence-electron chi connectivity index (χ3n) is 5.51. The van der Waals surface area contributed by atoms with Crippen molar-refractivity contribution in [2.24, 2.45) is 5.92 Å². The van der Waals surface area contributed by atoms with Gasteiger partial charge in [-0.15, -0.1) is 10.2 Å². The van der Waals surface area contributed by atoms with Gasteiger partial charge in [0.25, 0.3) is 0 Å². The molecule has 0 spiro atoms. The van der Waals surface area contributed by atoms with E-state index in [1.807, 2.05) is 6.07 Å². The molecule has 1 fully saturated rings. The zero-order valence-electron chi connectivity index (χ0n) is 16.9. The van der Waals surface area contributed by atoms with Gasteiger partial charge in [-0.2, -0.15) is 4.80 Å². The number of halogens is 2. The number of ether oxygens (including phenoxy) is 1. The fraction of sp³-hybridized carbons (Fsp3) is 0.364. The Balaban J connectivity index is 1.38. The number of likely N-dealkylation sites (tertiary alicyclic amines) is 1. The minimum atomic E-state index is -0.611. The van der Waals surface area contributed by atoms with Crippen molar-refractivity contribution in [3.05, 3.63) is 76.0 Å². The topological polar surface area (TPSA) is 73.1 Å². The number of rotatable bonds is 7. The van der Waals surface area contributed by atoms with Crippen molar-refractivity contribution in [3.8, 4) is 0 Å². The normalized spacial score (nSPS) is 17.0. The standard InChI is InChI=1S/C22H23Cl2N5O2/c23-19-9-8-18(12-20(19)24)21(14-29-26-15-25-27-29)31-22(30)28-11-10-17(13-28)7-6-16-4-2-1-3-5-16/h1-5,8-9,12,15,17,21H,6-7,10-11,13-14H2. The Morgan fingerprint density at radius 1 is 1.16 bits per heavy atom. The molecule has 9 heteroatoms. The van der Waals surface area contributed by atoms with E-state index >= 15 is 0 Å². The quantitative estimate of drug-likeness (QED) is 0.506. The SMILES string of the molecule is O=C(OC(Cn1ncnn1)c1ccc(Cl)c(Cl)c1)N1CCC(CCc2ccccc2)C1. The molecule has 0 N–H and O–H groups in total. The summed E-state index contributed by atoms with van der Waals surface area (Å²) < 4.78 is 5.86. The van der Waals surface area contributed by atoms with Crippen LogP contribution in [0.5, 0.6) is 0 Å². The lowest BCUT2D eigenvalue weighted by Crippen LogP contribution is -2.31. The van der Waals surface area contributed by atoms with E-state index < -0.39 is 6.10 Å². The van der Waals surface area contributed by atoms with E-state index in [1.165, 1.54) is 16.7 Å². The molecule has 0 radical (unpaired) electrons. The molecule has 31 heavy (non-hydrogen) atoms. The van der Waals surface area contributed by atoms with Gasteiger partial charge in [0.1, 0.15) is 6.54 Å². The summed E-state index contributed by atoms with van der Waals surface area (Å²) in [6, 6.07) is 15.6. The summed E-state index contributed by atoms with van der Waals surface area (Å²) >= 11 is 12.2. The van der Waals surface area contributed by atoms with Crippen LogP contribution in [-0.2, 0) is 17.7 Å². The monoisotopic (exact) mass is 459 g/mol. The van der Waals surface area contributed by atoms with Gasteiger partial charge in [0.2, 0.25) is 0 Å². The van der Waals surface area contributed by atoms with Crippen molar-refractivity contribution < 1.29 is 9.53 Å². The minimum Gasteiger partial charge on any atom is -0.439 e. The van der Waals surface area contributed by atoms with Crippen LogP contribution < -0.4 is 0 Å². The summed E-state index contributed by atoms with van der Waals surface area (Å²) in [5.74, 6) is 0.466. The molecular weight excluding hydrogens is 437 g/mol. The molecule has 2 heterocycles. The van der Waals surface area contributed by atoms with Crippen molar-refractivity contribution in [1.82, 2.24) is 25.1 Å². The Hall–Kier alpha value is -2.64. The summed E-state index contributed by atoms with van der Waals surface area (Å²) in [5.41, 5.74) is 2.04. The molecule has 2 atom stereocenters. The van der Waals surface area contributed by atoms with Crippen LogP contribution in [0.2, 0.25) is 10.0 Å². The van der Waals surface area contributed by atoms with Gasteiger partial charge < -0.3 is 9.64 Å². The van der Waals surface area contributed by atoms with Gasteiger partial charge in [0.15, 0.2) is 12.4 Å². The molecule has 4 rings (SSSR count). The molecule has 1 amide bonds. The van der Waals surface area contributed by atoms with E-state index in [1.54, 1.807) is 23.1 Å². The third-order valence-corrected chi connectivity index (χ3v) is 6.25. The fourth-order valence-electron chi connectivity index (χ4n) is 3.79. The fourth-order valence-corrected chi connectivity index (χ4v) is 4.10. The second kappa shape index (κ2) is 10.1. The van der Waals surface area contributed by atoms with Gasteiger partial charge in [0.05, 0.1) is 10.0 Å². The smallest absolute Gasteiger partial charge is 0.410 e. The van der Waals surface area contributed by atoms with Crippen molar-refractivity contribution in [2.75, 3.05) is 13.1 Å². The lowest BCUT2D eigenvalue weighted by molar-refractivity contribution is 0.0549. The number of hydrogen-bond acceptors (Lipinski definition) is 5. The lowest BCUT2D eigenvalue weighted by Gasteiger charge is -2.22. The molecule has 2 aromatic carbocycles. The highest BCUT2D eigenvalue weighted by molar-refractivity contribution is 6.42. The molecule has 1 aromatic heterocycles. The summed E-state index contributed by atoms with van der Waals surface area (Å²) in [6.07, 6.45) is 3.42. The minimum absolute atomic E-state index is 0.231. The molecular formula is C22H23Cl2N5O2. The molecule has 0 bridgehead atoms. The first-order valence-electron chi connectivity index (χ1n) is 10.2. The summed E-state index contributed by atoms with van der Waals surface area (Å²) in [5, 5.41) is 12.5. The van der Waals surface area contributed by atoms with Crippen LogP contribution >= 0.6 is 23.2 Å². The average Bonchev–Trinajstić information content (AvgIpc) is 3.47. The van der Waals surface area contributed by atoms with Crippen LogP contribution in [0.4, 0.5) is 4.79 Å². The average molecular weight is 460 g/mol. The van der Waals surface area contributed by atoms with Gasteiger partial charge in [0, 0.05) is 13.1 Å². The Kier molecular flexibility index (Phi) is 7.04. The lowest BCUT2D eigenvalue weighted by atomic mass is 9.99. The number of tetrazole rings is 1. The zero-order valence-corrected chi connectivity index (χ0v) is 18.4. The van der Waals surface area contributed by atoms with E-state index in [9.17, 15) is 4.79 Å². The second-order valence-electron chi connectivity index (χ2n) is 7.66. The molecule has 2 unspecified atom stereocenters. The highest BCUT2D eigenvalue weighted by Gasteiger charge is 2.29. The maximum Gasteiger partial charge on any atom is 0.410 e. The zero-order chi connectivity index (χ0) is 21.6. The van der Waals surface area contributed by atoms with E-state index in [-0.39, 0.29) is 12.6 Å². The maximum absolute atomic E-state index is 12.9. The van der Waals surface area contributed by atoms with E-state index in [4.69, 9.17) is 27.9 Å². The molecule has 1 aliphatic heterocycles. The Morgan fingerprint density at radius 2 is 2.00 bits per heavy atom. The number of nitrogens with zero attached hydrogens (tertiary/aromatic N) is 5. The number of amides is 1. The highest BCUT2D eigenvalue weighted by Crippen LogP contribution is 2.29. The molecule has 0 aliphatic carbocycles. The molecule has 7 nitrogen and oxygen atoms in total. The molecule has 0 saturated carbocycles. The predicted octanol–water partition coefficient (Wildman–Crippen LogP) is 4.81. The Morgan fingerprint density at radius 3 is 2.74 bits per heavy atom. The van der Waals surface area contributed by atoms with E-state index in [0.717, 1.165) is 24.8 Å². The van der Waals surface area contributed by atoms with Crippen LogP contribution in [0.15, 0.2) is 54.9 Å². The molecule has 1 aliphatic rings. The molecule has 3 aromatic rings. The first-order chi connectivity index (χ1) is 15.1. The first-order valence-corrected chi connectivity index (χ1v) is 11.0. The van der Waals surface area contributed by atoms with E-state index in [2.05, 4.69) is 39.7 Å². The van der Waals surface area contributed by atoms with Crippen LogP contribution in [0.3, 0.4) is 0 Å². The van der Waals surface area contributed by atoms with Gasteiger partial charge in [-0.1, -0.05) is 59.6 Å². The Labute approximate surface area is 190 Å². The van der Waals surface area contributed by atoms with Crippen LogP contribution in [-0.4, -0.2) is 44.3 Å². The predicted molar refractivity (Wildman–Crippen MR) is 118 cm³/mol. The molecule has 1 saturated heterocycles. The van der Waals surface area contributed by atoms with E-state index in [0.29, 0.717) is 29.1 Å². The number of carbonyl (C=O) groups is 1. The largest absolute Gasteiger partial charge is 0.439 e. The summed E-state index contributed by atoms with van der Waals surface area (Å²) in [6.45, 7) is 1.62. The number of aryl methyl sites for hydroxylation is 1. The van der Waals surface area contributed by atoms with Gasteiger partial charge in [-0.05, 0) is 53.7 Å².